The smallest absolute Gasteiger partial charge is 0.284 e. The van der Waals surface area contributed by atoms with Gasteiger partial charge in [-0.3, -0.25) is 4.79 Å². The molecule has 5 N–H and O–H groups in total. The van der Waals surface area contributed by atoms with Gasteiger partial charge in [0.15, 0.2) is 5.83 Å². The maximum absolute atomic E-state index is 14.8. The van der Waals surface area contributed by atoms with E-state index in [1.807, 2.05) is 0 Å². The van der Waals surface area contributed by atoms with Crippen molar-refractivity contribution in [3.8, 4) is 11.1 Å². The van der Waals surface area contributed by atoms with Crippen molar-refractivity contribution >= 4 is 44.4 Å². The maximum Gasteiger partial charge on any atom is 0.284 e. The highest BCUT2D eigenvalue weighted by molar-refractivity contribution is 7.89. The van der Waals surface area contributed by atoms with Crippen molar-refractivity contribution in [2.24, 2.45) is 10.9 Å². The number of hydrogen-bond acceptors (Lipinski definition) is 4. The van der Waals surface area contributed by atoms with Crippen LogP contribution in [0, 0.1) is 5.82 Å². The van der Waals surface area contributed by atoms with Crippen molar-refractivity contribution < 1.29 is 22.0 Å². The second-order valence-electron chi connectivity index (χ2n) is 7.07. The average molecular weight is 488 g/mol. The number of carbonyl (C=O) groups excluding carboxylic acids is 1. The molecule has 0 atom stereocenters. The minimum Gasteiger partial charge on any atom is -0.389 e. The number of rotatable bonds is 6. The number of thiocarbonyl (C=S) groups is 1. The van der Waals surface area contributed by atoms with E-state index in [-0.39, 0.29) is 32.3 Å². The molecule has 0 saturated carbocycles. The number of halogens is 2. The second kappa shape index (κ2) is 9.57. The van der Waals surface area contributed by atoms with Gasteiger partial charge in [-0.25, -0.2) is 22.3 Å². The van der Waals surface area contributed by atoms with Gasteiger partial charge in [0.25, 0.3) is 5.91 Å². The number of amides is 1. The molecule has 0 fully saturated rings. The third-order valence-corrected chi connectivity index (χ3v) is 6.04. The van der Waals surface area contributed by atoms with Crippen molar-refractivity contribution in [2.75, 3.05) is 5.32 Å². The largest absolute Gasteiger partial charge is 0.389 e. The summed E-state index contributed by atoms with van der Waals surface area (Å²) in [4.78, 5) is 12.3. The van der Waals surface area contributed by atoms with Crippen molar-refractivity contribution in [1.29, 1.82) is 0 Å². The van der Waals surface area contributed by atoms with E-state index in [9.17, 15) is 22.0 Å². The molecule has 170 valence electrons. The lowest BCUT2D eigenvalue weighted by atomic mass is 10.0. The molecule has 3 aromatic rings. The lowest BCUT2D eigenvalue weighted by molar-refractivity contribution is -0.114. The summed E-state index contributed by atoms with van der Waals surface area (Å²) in [6, 6.07) is 15.9. The summed E-state index contributed by atoms with van der Waals surface area (Å²) in [5, 5.41) is 7.41. The maximum atomic E-state index is 14.8. The normalized spacial score (nSPS) is 12.1. The topological polar surface area (TPSA) is 115 Å². The Labute approximate surface area is 195 Å². The molecule has 1 amide bonds. The number of hydrogen-bond donors (Lipinski definition) is 3. The zero-order valence-corrected chi connectivity index (χ0v) is 18.9. The van der Waals surface area contributed by atoms with E-state index >= 15 is 0 Å². The van der Waals surface area contributed by atoms with Gasteiger partial charge in [0.2, 0.25) is 10.0 Å². The van der Waals surface area contributed by atoms with Gasteiger partial charge < -0.3 is 11.1 Å². The first kappa shape index (κ1) is 24.2. The lowest BCUT2D eigenvalue weighted by Gasteiger charge is -2.11. The molecule has 3 rings (SSSR count). The number of nitrogens with one attached hydrogen (secondary N) is 1. The minimum absolute atomic E-state index is 0.0182. The van der Waals surface area contributed by atoms with E-state index in [2.05, 4.69) is 5.32 Å². The van der Waals surface area contributed by atoms with E-state index in [0.29, 0.717) is 11.1 Å². The first-order valence-corrected chi connectivity index (χ1v) is 11.4. The van der Waals surface area contributed by atoms with Gasteiger partial charge in [-0.05, 0) is 47.9 Å². The highest BCUT2D eigenvalue weighted by Crippen LogP contribution is 2.30. The fourth-order valence-corrected chi connectivity index (χ4v) is 4.00. The number of benzene rings is 3. The molecule has 3 aromatic carbocycles. The molecule has 0 aliphatic carbocycles. The summed E-state index contributed by atoms with van der Waals surface area (Å²) < 4.78 is 53.1. The lowest BCUT2D eigenvalue weighted by Crippen LogP contribution is -2.15. The molecule has 0 aromatic heterocycles. The molecule has 0 heterocycles. The predicted octanol–water partition coefficient (Wildman–Crippen LogP) is 4.11. The van der Waals surface area contributed by atoms with Crippen LogP contribution in [0.4, 0.5) is 14.5 Å². The Kier molecular flexibility index (Phi) is 7.01. The van der Waals surface area contributed by atoms with Crippen molar-refractivity contribution in [3.63, 3.8) is 0 Å². The number of allylic oxidation sites excluding steroid dienone is 1. The number of carbonyl (C=O) groups is 1. The Morgan fingerprint density at radius 1 is 1.00 bits per heavy atom. The van der Waals surface area contributed by atoms with E-state index in [1.165, 1.54) is 37.3 Å². The van der Waals surface area contributed by atoms with Crippen LogP contribution in [-0.2, 0) is 14.8 Å². The number of anilines is 1. The molecule has 10 heteroatoms. The Balaban J connectivity index is 1.89. The van der Waals surface area contributed by atoms with E-state index in [4.69, 9.17) is 23.1 Å². The Bertz CT molecular complexity index is 1400. The molecule has 33 heavy (non-hydrogen) atoms. The van der Waals surface area contributed by atoms with Crippen LogP contribution in [0.15, 0.2) is 77.5 Å². The molecule has 0 aliphatic heterocycles. The molecule has 0 aliphatic rings. The molecule has 0 radical (unpaired) electrons. The van der Waals surface area contributed by atoms with Crippen LogP contribution in [-0.4, -0.2) is 19.3 Å². The first-order valence-electron chi connectivity index (χ1n) is 9.48. The SMILES string of the molecule is C/C(=C(\F)C(=O)Nc1ccc(-c2ccccc2S(N)(=O)=O)cc1F)c1cccc(C(N)=S)c1. The van der Waals surface area contributed by atoms with E-state index in [0.717, 1.165) is 6.07 Å². The molecule has 0 spiro atoms. The van der Waals surface area contributed by atoms with Gasteiger partial charge in [0.05, 0.1) is 10.6 Å². The number of sulfonamides is 1. The molecule has 0 bridgehead atoms. The van der Waals surface area contributed by atoms with Gasteiger partial charge >= 0.3 is 0 Å². The summed E-state index contributed by atoms with van der Waals surface area (Å²) >= 11 is 4.91. The Morgan fingerprint density at radius 2 is 1.67 bits per heavy atom. The molecular formula is C23H19F2N3O3S2. The van der Waals surface area contributed by atoms with Crippen LogP contribution in [0.2, 0.25) is 0 Å². The highest BCUT2D eigenvalue weighted by Gasteiger charge is 2.19. The highest BCUT2D eigenvalue weighted by atomic mass is 32.2. The van der Waals surface area contributed by atoms with Crippen LogP contribution in [0.25, 0.3) is 16.7 Å². The first-order chi connectivity index (χ1) is 15.5. The van der Waals surface area contributed by atoms with Crippen LogP contribution < -0.4 is 16.2 Å². The third-order valence-electron chi connectivity index (χ3n) is 4.83. The summed E-state index contributed by atoms with van der Waals surface area (Å²) in [6.45, 7) is 1.40. The van der Waals surface area contributed by atoms with Crippen LogP contribution in [0.1, 0.15) is 18.1 Å². The van der Waals surface area contributed by atoms with Gasteiger partial charge in [-0.1, -0.05) is 54.7 Å². The fraction of sp³-hybridized carbons (Fsp3) is 0.0435. The summed E-state index contributed by atoms with van der Waals surface area (Å²) in [6.07, 6.45) is 0. The average Bonchev–Trinajstić information content (AvgIpc) is 2.78. The molecule has 0 unspecified atom stereocenters. The quantitative estimate of drug-likeness (QED) is 0.358. The van der Waals surface area contributed by atoms with Crippen molar-refractivity contribution in [1.82, 2.24) is 0 Å². The monoisotopic (exact) mass is 487 g/mol. The van der Waals surface area contributed by atoms with Crippen LogP contribution >= 0.6 is 12.2 Å². The Hall–Kier alpha value is -3.47. The van der Waals surface area contributed by atoms with Gasteiger partial charge in [0, 0.05) is 11.1 Å². The van der Waals surface area contributed by atoms with Crippen LogP contribution in [0.5, 0.6) is 0 Å². The Morgan fingerprint density at radius 3 is 2.30 bits per heavy atom. The number of primary sulfonamides is 1. The second-order valence-corrected chi connectivity index (χ2v) is 9.04. The fourth-order valence-electron chi connectivity index (χ4n) is 3.12. The van der Waals surface area contributed by atoms with Gasteiger partial charge in [0.1, 0.15) is 10.8 Å². The summed E-state index contributed by atoms with van der Waals surface area (Å²) in [7, 11) is -4.04. The zero-order chi connectivity index (χ0) is 24.3. The molecular weight excluding hydrogens is 468 g/mol. The van der Waals surface area contributed by atoms with Gasteiger partial charge in [-0.15, -0.1) is 0 Å². The zero-order valence-electron chi connectivity index (χ0n) is 17.3. The van der Waals surface area contributed by atoms with E-state index in [1.54, 1.807) is 30.3 Å². The molecule has 6 nitrogen and oxygen atoms in total. The predicted molar refractivity (Wildman–Crippen MR) is 128 cm³/mol. The van der Waals surface area contributed by atoms with Crippen molar-refractivity contribution in [3.05, 3.63) is 89.5 Å². The third kappa shape index (κ3) is 5.48. The standard InChI is InChI=1S/C23H19F2N3O3S2/c1-13(14-5-4-6-16(11-14)22(26)32)21(25)23(29)28-19-10-9-15(12-18(19)24)17-7-2-3-8-20(17)33(27,30)31/h2-12H,1H3,(H2,26,32)(H,28,29)(H2,27,30,31)/b21-13+. The van der Waals surface area contributed by atoms with Gasteiger partial charge in [-0.2, -0.15) is 0 Å². The summed E-state index contributed by atoms with van der Waals surface area (Å²) in [5.74, 6) is -3.14. The van der Waals surface area contributed by atoms with E-state index < -0.39 is 27.6 Å². The van der Waals surface area contributed by atoms with Crippen LogP contribution in [0.3, 0.4) is 0 Å². The minimum atomic E-state index is -4.04. The molecule has 0 saturated heterocycles. The van der Waals surface area contributed by atoms with Crippen molar-refractivity contribution in [2.45, 2.75) is 11.8 Å². The number of nitrogens with two attached hydrogens (primary N) is 2. The summed E-state index contributed by atoms with van der Waals surface area (Å²) in [5.41, 5.74) is 6.64.